The first kappa shape index (κ1) is 21.8. The number of carbonyl (C=O) groups excluding carboxylic acids is 2. The molecular formula is C23H21N3O4S. The molecular weight excluding hydrogens is 414 g/mol. The molecule has 0 saturated carbocycles. The number of nitrogens with one attached hydrogen (secondary N) is 3. The van der Waals surface area contributed by atoms with Gasteiger partial charge in [-0.25, -0.2) is 0 Å². The third-order valence-corrected chi connectivity index (χ3v) is 4.44. The van der Waals surface area contributed by atoms with Crippen LogP contribution in [0.1, 0.15) is 26.3 Å². The fraction of sp³-hybridized carbons (Fsp3) is 0.0870. The standard InChI is InChI=1S/C23H21N3O4S/c1-29-20-10-6-5-9-19(20)22(28)24-23(31)26-25-21(27)17-11-13-18(14-12-17)30-15-16-7-3-2-4-8-16/h2-14H,15H2,1H3,(H,25,27)(H2,24,26,28,31). The van der Waals surface area contributed by atoms with Gasteiger partial charge in [0, 0.05) is 5.56 Å². The molecule has 0 spiro atoms. The molecule has 2 amide bonds. The van der Waals surface area contributed by atoms with Crippen LogP contribution in [0.2, 0.25) is 0 Å². The largest absolute Gasteiger partial charge is 0.496 e. The summed E-state index contributed by atoms with van der Waals surface area (Å²) in [5.41, 5.74) is 6.73. The van der Waals surface area contributed by atoms with E-state index in [-0.39, 0.29) is 5.11 Å². The van der Waals surface area contributed by atoms with E-state index in [2.05, 4.69) is 16.2 Å². The zero-order valence-electron chi connectivity index (χ0n) is 16.8. The normalized spacial score (nSPS) is 9.97. The SMILES string of the molecule is COc1ccccc1C(=O)NC(=S)NNC(=O)c1ccc(OCc2ccccc2)cc1. The van der Waals surface area contributed by atoms with Gasteiger partial charge in [-0.15, -0.1) is 0 Å². The Kier molecular flexibility index (Phi) is 7.56. The number of ether oxygens (including phenoxy) is 2. The van der Waals surface area contributed by atoms with Crippen LogP contribution in [0.5, 0.6) is 11.5 Å². The predicted octanol–water partition coefficient (Wildman–Crippen LogP) is 3.22. The Morgan fingerprint density at radius 3 is 2.23 bits per heavy atom. The average molecular weight is 436 g/mol. The van der Waals surface area contributed by atoms with Crippen LogP contribution in [0.4, 0.5) is 0 Å². The maximum absolute atomic E-state index is 12.3. The third kappa shape index (κ3) is 6.28. The Hall–Kier alpha value is -3.91. The monoisotopic (exact) mass is 435 g/mol. The smallest absolute Gasteiger partial charge is 0.269 e. The number of rotatable bonds is 6. The molecule has 0 aliphatic heterocycles. The Bertz CT molecular complexity index is 1060. The lowest BCUT2D eigenvalue weighted by atomic mass is 10.2. The van der Waals surface area contributed by atoms with Gasteiger partial charge in [-0.05, 0) is 54.2 Å². The second kappa shape index (κ2) is 10.7. The summed E-state index contributed by atoms with van der Waals surface area (Å²) in [6.45, 7) is 0.439. The van der Waals surface area contributed by atoms with Crippen molar-refractivity contribution in [2.24, 2.45) is 0 Å². The van der Waals surface area contributed by atoms with Crippen LogP contribution in [0.25, 0.3) is 0 Å². The Morgan fingerprint density at radius 2 is 1.52 bits per heavy atom. The average Bonchev–Trinajstić information content (AvgIpc) is 2.82. The van der Waals surface area contributed by atoms with E-state index < -0.39 is 11.8 Å². The van der Waals surface area contributed by atoms with Crippen LogP contribution < -0.4 is 25.6 Å². The van der Waals surface area contributed by atoms with E-state index in [0.717, 1.165) is 5.56 Å². The first-order valence-corrected chi connectivity index (χ1v) is 9.79. The quantitative estimate of drug-likeness (QED) is 0.407. The van der Waals surface area contributed by atoms with Gasteiger partial charge in [-0.3, -0.25) is 25.8 Å². The lowest BCUT2D eigenvalue weighted by Crippen LogP contribution is -2.48. The van der Waals surface area contributed by atoms with Crippen LogP contribution in [-0.2, 0) is 6.61 Å². The molecule has 0 radical (unpaired) electrons. The number of hydrazine groups is 1. The second-order valence-corrected chi connectivity index (χ2v) is 6.77. The number of hydrogen-bond acceptors (Lipinski definition) is 5. The number of benzene rings is 3. The van der Waals surface area contributed by atoms with E-state index in [0.29, 0.717) is 29.2 Å². The zero-order valence-corrected chi connectivity index (χ0v) is 17.6. The maximum atomic E-state index is 12.3. The molecule has 7 nitrogen and oxygen atoms in total. The molecule has 0 aliphatic rings. The van der Waals surface area contributed by atoms with Crippen molar-refractivity contribution in [3.05, 3.63) is 95.6 Å². The van der Waals surface area contributed by atoms with E-state index >= 15 is 0 Å². The summed E-state index contributed by atoms with van der Waals surface area (Å²) in [5, 5.41) is 2.44. The van der Waals surface area contributed by atoms with Gasteiger partial charge in [-0.1, -0.05) is 42.5 Å². The molecule has 0 aromatic heterocycles. The molecule has 0 aliphatic carbocycles. The molecule has 0 heterocycles. The fourth-order valence-electron chi connectivity index (χ4n) is 2.66. The van der Waals surface area contributed by atoms with E-state index in [1.807, 2.05) is 30.3 Å². The molecule has 0 saturated heterocycles. The van der Waals surface area contributed by atoms with E-state index in [1.54, 1.807) is 48.5 Å². The van der Waals surface area contributed by atoms with Crippen LogP contribution in [0.3, 0.4) is 0 Å². The predicted molar refractivity (Wildman–Crippen MR) is 121 cm³/mol. The maximum Gasteiger partial charge on any atom is 0.269 e. The highest BCUT2D eigenvalue weighted by molar-refractivity contribution is 7.80. The minimum absolute atomic E-state index is 0.0490. The molecule has 0 unspecified atom stereocenters. The molecule has 3 rings (SSSR count). The van der Waals surface area contributed by atoms with Gasteiger partial charge in [0.1, 0.15) is 18.1 Å². The summed E-state index contributed by atoms with van der Waals surface area (Å²) in [6, 6.07) is 23.2. The van der Waals surface area contributed by atoms with E-state index in [4.69, 9.17) is 21.7 Å². The van der Waals surface area contributed by atoms with Gasteiger partial charge in [0.15, 0.2) is 5.11 Å². The molecule has 0 bridgehead atoms. The Balaban J connectivity index is 1.47. The Labute approximate surface area is 185 Å². The molecule has 0 atom stereocenters. The van der Waals surface area contributed by atoms with Crippen LogP contribution in [-0.4, -0.2) is 24.0 Å². The number of carbonyl (C=O) groups is 2. The summed E-state index contributed by atoms with van der Waals surface area (Å²) in [6.07, 6.45) is 0. The number of methoxy groups -OCH3 is 1. The van der Waals surface area contributed by atoms with E-state index in [1.165, 1.54) is 7.11 Å². The highest BCUT2D eigenvalue weighted by Gasteiger charge is 2.13. The van der Waals surface area contributed by atoms with Gasteiger partial charge < -0.3 is 9.47 Å². The summed E-state index contributed by atoms with van der Waals surface area (Å²) in [5.74, 6) is 0.196. The van der Waals surface area contributed by atoms with Gasteiger partial charge >= 0.3 is 0 Å². The fourth-order valence-corrected chi connectivity index (χ4v) is 2.81. The lowest BCUT2D eigenvalue weighted by molar-refractivity contribution is 0.0934. The number of hydrogen-bond donors (Lipinski definition) is 3. The van der Waals surface area contributed by atoms with Crippen LogP contribution in [0.15, 0.2) is 78.9 Å². The molecule has 3 aromatic rings. The van der Waals surface area contributed by atoms with Gasteiger partial charge in [0.25, 0.3) is 11.8 Å². The summed E-state index contributed by atoms with van der Waals surface area (Å²) < 4.78 is 10.9. The van der Waals surface area contributed by atoms with Crippen molar-refractivity contribution in [3.63, 3.8) is 0 Å². The van der Waals surface area contributed by atoms with Gasteiger partial charge in [0.2, 0.25) is 0 Å². The molecule has 31 heavy (non-hydrogen) atoms. The minimum atomic E-state index is -0.455. The zero-order chi connectivity index (χ0) is 22.1. The van der Waals surface area contributed by atoms with E-state index in [9.17, 15) is 9.59 Å². The van der Waals surface area contributed by atoms with Crippen molar-refractivity contribution < 1.29 is 19.1 Å². The molecule has 3 aromatic carbocycles. The first-order chi connectivity index (χ1) is 15.1. The van der Waals surface area contributed by atoms with Gasteiger partial charge in [-0.2, -0.15) is 0 Å². The molecule has 8 heteroatoms. The van der Waals surface area contributed by atoms with Crippen molar-refractivity contribution >= 4 is 29.1 Å². The first-order valence-electron chi connectivity index (χ1n) is 9.38. The highest BCUT2D eigenvalue weighted by Crippen LogP contribution is 2.17. The van der Waals surface area contributed by atoms with Crippen molar-refractivity contribution in [1.82, 2.24) is 16.2 Å². The van der Waals surface area contributed by atoms with Crippen molar-refractivity contribution in [2.45, 2.75) is 6.61 Å². The van der Waals surface area contributed by atoms with Crippen LogP contribution in [0, 0.1) is 0 Å². The number of para-hydroxylation sites is 1. The van der Waals surface area contributed by atoms with Crippen molar-refractivity contribution in [2.75, 3.05) is 7.11 Å². The summed E-state index contributed by atoms with van der Waals surface area (Å²) in [4.78, 5) is 24.6. The number of amides is 2. The minimum Gasteiger partial charge on any atom is -0.496 e. The summed E-state index contributed by atoms with van der Waals surface area (Å²) in [7, 11) is 1.47. The lowest BCUT2D eigenvalue weighted by Gasteiger charge is -2.12. The molecule has 158 valence electrons. The second-order valence-electron chi connectivity index (χ2n) is 6.36. The summed E-state index contributed by atoms with van der Waals surface area (Å²) >= 11 is 5.06. The third-order valence-electron chi connectivity index (χ3n) is 4.23. The molecule has 3 N–H and O–H groups in total. The van der Waals surface area contributed by atoms with Crippen molar-refractivity contribution in [1.29, 1.82) is 0 Å². The topological polar surface area (TPSA) is 88.7 Å². The van der Waals surface area contributed by atoms with Crippen LogP contribution >= 0.6 is 12.2 Å². The molecule has 0 fully saturated rings. The number of thiocarbonyl (C=S) groups is 1. The Morgan fingerprint density at radius 1 is 0.839 bits per heavy atom. The highest BCUT2D eigenvalue weighted by atomic mass is 32.1. The van der Waals surface area contributed by atoms with Gasteiger partial charge in [0.05, 0.1) is 12.7 Å². The van der Waals surface area contributed by atoms with Crippen molar-refractivity contribution in [3.8, 4) is 11.5 Å².